The molecule has 0 radical (unpaired) electrons. The number of rotatable bonds is 11. The van der Waals surface area contributed by atoms with Crippen LogP contribution in [0.3, 0.4) is 0 Å². The summed E-state index contributed by atoms with van der Waals surface area (Å²) in [5, 5.41) is 11.1. The Labute approximate surface area is 200 Å². The summed E-state index contributed by atoms with van der Waals surface area (Å²) in [6, 6.07) is 7.74. The molecule has 34 heavy (non-hydrogen) atoms. The molecule has 0 saturated carbocycles. The molecule has 3 rings (SSSR count). The molecule has 1 amide bonds. The monoisotopic (exact) mass is 465 g/mol. The van der Waals surface area contributed by atoms with Crippen molar-refractivity contribution in [1.29, 1.82) is 0 Å². The van der Waals surface area contributed by atoms with Crippen LogP contribution in [0.1, 0.15) is 30.5 Å². The predicted octanol–water partition coefficient (Wildman–Crippen LogP) is 3.42. The third kappa shape index (κ3) is 5.46. The molecular weight excluding hydrogens is 434 g/mol. The van der Waals surface area contributed by atoms with E-state index in [1.54, 1.807) is 36.4 Å². The van der Waals surface area contributed by atoms with Crippen molar-refractivity contribution in [1.82, 2.24) is 14.8 Å². The summed E-state index contributed by atoms with van der Waals surface area (Å²) in [6.07, 6.45) is 5.36. The molecule has 1 atom stereocenters. The number of carbonyl (C=O) groups is 2. The number of pyridine rings is 1. The highest BCUT2D eigenvalue weighted by atomic mass is 16.5. The standard InChI is InChI=1S/C26H31N3O5/c1-5-16-34-20-9-8-19(17-21(20)33-6-2)23-22(24(30)18-10-12-27-13-11-18)25(31)26(32)29(23)15-7-14-28(3)4/h5,8-13,17,23,30H,1,6-7,14-16H2,2-4H3/b24-22+. The van der Waals surface area contributed by atoms with E-state index in [2.05, 4.69) is 11.6 Å². The van der Waals surface area contributed by atoms with Crippen molar-refractivity contribution in [2.45, 2.75) is 19.4 Å². The second kappa shape index (κ2) is 11.5. The van der Waals surface area contributed by atoms with E-state index in [1.165, 1.54) is 17.3 Å². The molecule has 2 heterocycles. The van der Waals surface area contributed by atoms with Crippen LogP contribution in [0.15, 0.2) is 61.0 Å². The Bertz CT molecular complexity index is 1070. The van der Waals surface area contributed by atoms with Gasteiger partial charge in [0.05, 0.1) is 18.2 Å². The molecule has 1 saturated heterocycles. The summed E-state index contributed by atoms with van der Waals surface area (Å²) in [5.74, 6) is -0.557. The highest BCUT2D eigenvalue weighted by molar-refractivity contribution is 6.46. The Morgan fingerprint density at radius 2 is 1.91 bits per heavy atom. The lowest BCUT2D eigenvalue weighted by atomic mass is 9.95. The van der Waals surface area contributed by atoms with Gasteiger partial charge in [-0.1, -0.05) is 18.7 Å². The number of hydrogen-bond donors (Lipinski definition) is 1. The highest BCUT2D eigenvalue weighted by Gasteiger charge is 2.46. The predicted molar refractivity (Wildman–Crippen MR) is 130 cm³/mol. The summed E-state index contributed by atoms with van der Waals surface area (Å²) in [7, 11) is 3.90. The van der Waals surface area contributed by atoms with Crippen molar-refractivity contribution in [3.05, 3.63) is 72.1 Å². The molecule has 1 unspecified atom stereocenters. The summed E-state index contributed by atoms with van der Waals surface area (Å²) in [5.41, 5.74) is 1.11. The number of carbonyl (C=O) groups excluding carboxylic acids is 2. The van der Waals surface area contributed by atoms with Gasteiger partial charge in [0.15, 0.2) is 11.5 Å². The average Bonchev–Trinajstić information content (AvgIpc) is 3.08. The maximum Gasteiger partial charge on any atom is 0.295 e. The number of aliphatic hydroxyl groups excluding tert-OH is 1. The quantitative estimate of drug-likeness (QED) is 0.235. The third-order valence-electron chi connectivity index (χ3n) is 5.44. The van der Waals surface area contributed by atoms with Gasteiger partial charge in [0.25, 0.3) is 11.7 Å². The Balaban J connectivity index is 2.11. The van der Waals surface area contributed by atoms with Gasteiger partial charge < -0.3 is 24.4 Å². The molecule has 8 nitrogen and oxygen atoms in total. The van der Waals surface area contributed by atoms with E-state index in [-0.39, 0.29) is 11.3 Å². The number of Topliss-reactive ketones (excluding diaryl/α,β-unsaturated/α-hetero) is 1. The van der Waals surface area contributed by atoms with Crippen LogP contribution in [-0.4, -0.2) is 72.0 Å². The first-order chi connectivity index (χ1) is 16.4. The van der Waals surface area contributed by atoms with Gasteiger partial charge in [-0.3, -0.25) is 14.6 Å². The summed E-state index contributed by atoms with van der Waals surface area (Å²) in [4.78, 5) is 33.7. The molecule has 1 aliphatic rings. The molecule has 0 bridgehead atoms. The topological polar surface area (TPSA) is 92.2 Å². The van der Waals surface area contributed by atoms with Gasteiger partial charge in [-0.25, -0.2) is 0 Å². The number of aromatic nitrogens is 1. The molecular formula is C26H31N3O5. The maximum atomic E-state index is 13.1. The van der Waals surface area contributed by atoms with Crippen LogP contribution in [0, 0.1) is 0 Å². The zero-order valence-corrected chi connectivity index (χ0v) is 19.9. The van der Waals surface area contributed by atoms with Crippen LogP contribution in [0.4, 0.5) is 0 Å². The Morgan fingerprint density at radius 3 is 2.56 bits per heavy atom. The second-order valence-corrected chi connectivity index (χ2v) is 8.12. The van der Waals surface area contributed by atoms with Crippen LogP contribution in [0.2, 0.25) is 0 Å². The fraction of sp³-hybridized carbons (Fsp3) is 0.346. The van der Waals surface area contributed by atoms with E-state index in [4.69, 9.17) is 9.47 Å². The Kier molecular flexibility index (Phi) is 8.43. The average molecular weight is 466 g/mol. The van der Waals surface area contributed by atoms with Crippen molar-refractivity contribution < 1.29 is 24.2 Å². The molecule has 180 valence electrons. The smallest absolute Gasteiger partial charge is 0.295 e. The number of ether oxygens (including phenoxy) is 2. The van der Waals surface area contributed by atoms with Gasteiger partial charge in [-0.2, -0.15) is 0 Å². The molecule has 1 aromatic carbocycles. The normalized spacial score (nSPS) is 17.3. The van der Waals surface area contributed by atoms with Gasteiger partial charge in [0, 0.05) is 24.5 Å². The van der Waals surface area contributed by atoms with Gasteiger partial charge in [-0.05, 0) is 63.8 Å². The Hall–Kier alpha value is -3.65. The van der Waals surface area contributed by atoms with E-state index in [0.717, 1.165) is 6.54 Å². The van der Waals surface area contributed by atoms with E-state index >= 15 is 0 Å². The zero-order chi connectivity index (χ0) is 24.7. The molecule has 1 fully saturated rings. The van der Waals surface area contributed by atoms with E-state index < -0.39 is 17.7 Å². The van der Waals surface area contributed by atoms with Crippen LogP contribution < -0.4 is 9.47 Å². The minimum absolute atomic E-state index is 0.0447. The lowest BCUT2D eigenvalue weighted by molar-refractivity contribution is -0.139. The van der Waals surface area contributed by atoms with Crippen molar-refractivity contribution >= 4 is 17.4 Å². The van der Waals surface area contributed by atoms with Crippen LogP contribution in [0.5, 0.6) is 11.5 Å². The molecule has 1 aromatic heterocycles. The largest absolute Gasteiger partial charge is 0.507 e. The van der Waals surface area contributed by atoms with Gasteiger partial charge in [0.1, 0.15) is 12.4 Å². The van der Waals surface area contributed by atoms with Crippen LogP contribution >= 0.6 is 0 Å². The first-order valence-electron chi connectivity index (χ1n) is 11.2. The highest BCUT2D eigenvalue weighted by Crippen LogP contribution is 2.42. The van der Waals surface area contributed by atoms with Gasteiger partial charge >= 0.3 is 0 Å². The first-order valence-corrected chi connectivity index (χ1v) is 11.2. The molecule has 2 aromatic rings. The SMILES string of the molecule is C=CCOc1ccc(C2/C(=C(\O)c3ccncc3)C(=O)C(=O)N2CCCN(C)C)cc1OCC. The summed E-state index contributed by atoms with van der Waals surface area (Å²) in [6.45, 7) is 7.36. The van der Waals surface area contributed by atoms with E-state index in [1.807, 2.05) is 25.9 Å². The zero-order valence-electron chi connectivity index (χ0n) is 19.9. The number of benzene rings is 1. The minimum Gasteiger partial charge on any atom is -0.507 e. The van der Waals surface area contributed by atoms with Crippen LogP contribution in [0.25, 0.3) is 5.76 Å². The number of ketones is 1. The van der Waals surface area contributed by atoms with Gasteiger partial charge in [0.2, 0.25) is 0 Å². The lowest BCUT2D eigenvalue weighted by Crippen LogP contribution is -2.32. The number of nitrogens with zero attached hydrogens (tertiary/aromatic N) is 3. The lowest BCUT2D eigenvalue weighted by Gasteiger charge is -2.26. The number of likely N-dealkylation sites (tertiary alicyclic amines) is 1. The van der Waals surface area contributed by atoms with Gasteiger partial charge in [-0.15, -0.1) is 0 Å². The fourth-order valence-corrected chi connectivity index (χ4v) is 3.91. The van der Waals surface area contributed by atoms with Crippen molar-refractivity contribution in [3.63, 3.8) is 0 Å². The molecule has 1 aliphatic heterocycles. The number of hydrogen-bond acceptors (Lipinski definition) is 7. The molecule has 0 spiro atoms. The van der Waals surface area contributed by atoms with Crippen molar-refractivity contribution in [2.75, 3.05) is 40.4 Å². The molecule has 1 N–H and O–H groups in total. The fourth-order valence-electron chi connectivity index (χ4n) is 3.91. The number of aliphatic hydroxyl groups is 1. The van der Waals surface area contributed by atoms with Crippen molar-refractivity contribution in [3.8, 4) is 11.5 Å². The van der Waals surface area contributed by atoms with E-state index in [9.17, 15) is 14.7 Å². The minimum atomic E-state index is -0.761. The van der Waals surface area contributed by atoms with Crippen molar-refractivity contribution in [2.24, 2.45) is 0 Å². The first kappa shape index (κ1) is 25.0. The Morgan fingerprint density at radius 1 is 1.18 bits per heavy atom. The summed E-state index contributed by atoms with van der Waals surface area (Å²) < 4.78 is 11.5. The van der Waals surface area contributed by atoms with E-state index in [0.29, 0.717) is 48.8 Å². The van der Waals surface area contributed by atoms with Crippen LogP contribution in [-0.2, 0) is 9.59 Å². The third-order valence-corrected chi connectivity index (χ3v) is 5.44. The maximum absolute atomic E-state index is 13.1. The second-order valence-electron chi connectivity index (χ2n) is 8.12. The summed E-state index contributed by atoms with van der Waals surface area (Å²) >= 11 is 0. The number of amides is 1. The molecule has 0 aliphatic carbocycles. The molecule has 8 heteroatoms.